The molecule has 4 rings (SSSR count). The third-order valence-corrected chi connectivity index (χ3v) is 7.62. The van der Waals surface area contributed by atoms with Gasteiger partial charge in [0, 0.05) is 42.5 Å². The highest BCUT2D eigenvalue weighted by atomic mass is 35.5. The van der Waals surface area contributed by atoms with Gasteiger partial charge in [0.25, 0.3) is 10.2 Å². The maximum absolute atomic E-state index is 14.4. The van der Waals surface area contributed by atoms with Gasteiger partial charge >= 0.3 is 5.97 Å². The smallest absolute Gasteiger partial charge is 0.338 e. The van der Waals surface area contributed by atoms with E-state index in [1.807, 2.05) is 6.08 Å². The van der Waals surface area contributed by atoms with E-state index in [1.54, 1.807) is 31.0 Å². The Hall–Kier alpha value is -2.60. The predicted octanol–water partition coefficient (Wildman–Crippen LogP) is 3.01. The van der Waals surface area contributed by atoms with Crippen LogP contribution in [0.15, 0.2) is 51.7 Å². The molecule has 3 aliphatic rings. The first-order valence-electron chi connectivity index (χ1n) is 11.2. The van der Waals surface area contributed by atoms with Crippen molar-refractivity contribution < 1.29 is 22.3 Å². The molecule has 35 heavy (non-hydrogen) atoms. The number of carbonyl (C=O) groups excluding carboxylic acids is 1. The first-order chi connectivity index (χ1) is 16.6. The fraction of sp³-hybridized carbons (Fsp3) is 0.435. The van der Waals surface area contributed by atoms with Crippen LogP contribution in [-0.4, -0.2) is 56.6 Å². The molecule has 9 nitrogen and oxygen atoms in total. The number of amidine groups is 1. The topological polar surface area (TPSA) is 112 Å². The minimum absolute atomic E-state index is 0.141. The molecule has 2 N–H and O–H groups in total. The number of rotatable bonds is 7. The van der Waals surface area contributed by atoms with E-state index in [1.165, 1.54) is 19.2 Å². The molecule has 0 unspecified atom stereocenters. The van der Waals surface area contributed by atoms with Gasteiger partial charge in [-0.3, -0.25) is 9.98 Å². The standard InChI is InChI=1S/C23H27ClFN5O4S/c1-13(2)28-35(32,33)29-14-11-18-19(23(31)34-3)21(15-7-6-8-16(25)20(15)24)27-22(30(18)12-14)17-9-4-5-10-26-17/h5-8,10,13-14,21,28-29H,4,9,11-12H2,1-3H3/t14-,21-/m0/s1. The molecule has 3 aliphatic heterocycles. The second-order valence-corrected chi connectivity index (χ2v) is 10.6. The van der Waals surface area contributed by atoms with Gasteiger partial charge in [-0.1, -0.05) is 29.8 Å². The largest absolute Gasteiger partial charge is 0.466 e. The van der Waals surface area contributed by atoms with E-state index in [0.717, 1.165) is 6.42 Å². The molecule has 1 aromatic rings. The lowest BCUT2D eigenvalue weighted by Crippen LogP contribution is -2.47. The quantitative estimate of drug-likeness (QED) is 0.533. The van der Waals surface area contributed by atoms with E-state index in [4.69, 9.17) is 21.3 Å². The number of allylic oxidation sites excluding steroid dienone is 1. The molecule has 2 atom stereocenters. The molecule has 1 aromatic carbocycles. The van der Waals surface area contributed by atoms with Crippen molar-refractivity contribution in [2.45, 2.75) is 51.2 Å². The highest BCUT2D eigenvalue weighted by Crippen LogP contribution is 2.42. The molecule has 3 heterocycles. The number of carbonyl (C=O) groups is 1. The number of benzene rings is 1. The summed E-state index contributed by atoms with van der Waals surface area (Å²) in [4.78, 5) is 24.1. The lowest BCUT2D eigenvalue weighted by Gasteiger charge is -2.33. The van der Waals surface area contributed by atoms with Crippen molar-refractivity contribution in [2.24, 2.45) is 9.98 Å². The monoisotopic (exact) mass is 523 g/mol. The van der Waals surface area contributed by atoms with Gasteiger partial charge in [0.1, 0.15) is 11.9 Å². The number of methoxy groups -OCH3 is 1. The molecular weight excluding hydrogens is 497 g/mol. The zero-order valence-electron chi connectivity index (χ0n) is 19.6. The zero-order valence-corrected chi connectivity index (χ0v) is 21.2. The molecule has 0 bridgehead atoms. The van der Waals surface area contributed by atoms with Crippen LogP contribution in [0.2, 0.25) is 5.02 Å². The van der Waals surface area contributed by atoms with Crippen molar-refractivity contribution in [3.63, 3.8) is 0 Å². The van der Waals surface area contributed by atoms with Crippen LogP contribution in [0.1, 0.15) is 44.7 Å². The van der Waals surface area contributed by atoms with Gasteiger partial charge in [0.15, 0.2) is 5.84 Å². The number of ether oxygens (including phenoxy) is 1. The summed E-state index contributed by atoms with van der Waals surface area (Å²) >= 11 is 6.31. The summed E-state index contributed by atoms with van der Waals surface area (Å²) in [7, 11) is -2.54. The Labute approximate surface area is 209 Å². The average molecular weight is 524 g/mol. The van der Waals surface area contributed by atoms with Gasteiger partial charge in [0.05, 0.1) is 23.4 Å². The van der Waals surface area contributed by atoms with Crippen molar-refractivity contribution in [2.75, 3.05) is 13.7 Å². The Kier molecular flexibility index (Phi) is 7.41. The Bertz CT molecular complexity index is 1260. The predicted molar refractivity (Wildman–Crippen MR) is 132 cm³/mol. The van der Waals surface area contributed by atoms with Gasteiger partial charge in [-0.25, -0.2) is 9.18 Å². The SMILES string of the molecule is COC(=O)C1=C2C[C@H](NS(=O)(=O)NC(C)C)CN2C(C2=NC=CCC2)=N[C@H]1c1cccc(F)c1Cl. The summed E-state index contributed by atoms with van der Waals surface area (Å²) in [5.74, 6) is -0.777. The molecule has 12 heteroatoms. The summed E-state index contributed by atoms with van der Waals surface area (Å²) < 4.78 is 49.7. The summed E-state index contributed by atoms with van der Waals surface area (Å²) in [6, 6.07) is 2.57. The number of esters is 1. The van der Waals surface area contributed by atoms with Gasteiger partial charge in [-0.2, -0.15) is 17.9 Å². The molecule has 1 saturated heterocycles. The molecule has 0 spiro atoms. The number of hydrogen-bond donors (Lipinski definition) is 2. The Morgan fingerprint density at radius 3 is 2.77 bits per heavy atom. The van der Waals surface area contributed by atoms with Crippen LogP contribution in [0.4, 0.5) is 4.39 Å². The minimum atomic E-state index is -3.79. The Morgan fingerprint density at radius 2 is 2.11 bits per heavy atom. The highest BCUT2D eigenvalue weighted by molar-refractivity contribution is 7.87. The number of halogens is 2. The van der Waals surface area contributed by atoms with Crippen LogP contribution in [0.3, 0.4) is 0 Å². The molecular formula is C23H27ClFN5O4S. The molecule has 188 valence electrons. The maximum atomic E-state index is 14.4. The van der Waals surface area contributed by atoms with Crippen molar-refractivity contribution >= 4 is 39.3 Å². The second-order valence-electron chi connectivity index (χ2n) is 8.75. The number of fused-ring (bicyclic) bond motifs is 1. The van der Waals surface area contributed by atoms with Crippen LogP contribution < -0.4 is 9.44 Å². The molecule has 0 radical (unpaired) electrons. The number of nitrogens with one attached hydrogen (secondary N) is 2. The van der Waals surface area contributed by atoms with E-state index in [2.05, 4.69) is 14.4 Å². The van der Waals surface area contributed by atoms with E-state index in [-0.39, 0.29) is 29.6 Å². The zero-order chi connectivity index (χ0) is 25.3. The fourth-order valence-electron chi connectivity index (χ4n) is 4.46. The summed E-state index contributed by atoms with van der Waals surface area (Å²) in [6.07, 6.45) is 5.20. The third-order valence-electron chi connectivity index (χ3n) is 5.80. The normalized spacial score (nSPS) is 22.3. The number of aliphatic imine (C=N–C) groups is 2. The first-order valence-corrected chi connectivity index (χ1v) is 13.1. The van der Waals surface area contributed by atoms with Crippen LogP contribution in [0.25, 0.3) is 0 Å². The molecule has 0 aromatic heterocycles. The second kappa shape index (κ2) is 10.2. The van der Waals surface area contributed by atoms with Gasteiger partial charge in [-0.05, 0) is 32.8 Å². The molecule has 0 amide bonds. The van der Waals surface area contributed by atoms with Gasteiger partial charge in [0.2, 0.25) is 0 Å². The van der Waals surface area contributed by atoms with E-state index in [0.29, 0.717) is 29.2 Å². The van der Waals surface area contributed by atoms with Crippen LogP contribution >= 0.6 is 11.6 Å². The van der Waals surface area contributed by atoms with Crippen molar-refractivity contribution in [1.82, 2.24) is 14.3 Å². The van der Waals surface area contributed by atoms with E-state index in [9.17, 15) is 17.6 Å². The summed E-state index contributed by atoms with van der Waals surface area (Å²) in [5.41, 5.74) is 1.74. The van der Waals surface area contributed by atoms with Crippen molar-refractivity contribution in [1.29, 1.82) is 0 Å². The summed E-state index contributed by atoms with van der Waals surface area (Å²) in [6.45, 7) is 3.68. The molecule has 0 aliphatic carbocycles. The Balaban J connectivity index is 1.83. The lowest BCUT2D eigenvalue weighted by atomic mass is 9.93. The lowest BCUT2D eigenvalue weighted by molar-refractivity contribution is -0.136. The summed E-state index contributed by atoms with van der Waals surface area (Å²) in [5, 5.41) is -0.141. The maximum Gasteiger partial charge on any atom is 0.338 e. The first kappa shape index (κ1) is 25.5. The van der Waals surface area contributed by atoms with Crippen molar-refractivity contribution in [3.05, 3.63) is 58.1 Å². The van der Waals surface area contributed by atoms with Gasteiger partial charge in [-0.15, -0.1) is 0 Å². The highest BCUT2D eigenvalue weighted by Gasteiger charge is 2.43. The minimum Gasteiger partial charge on any atom is -0.466 e. The molecule has 0 saturated carbocycles. The van der Waals surface area contributed by atoms with Gasteiger partial charge < -0.3 is 9.64 Å². The van der Waals surface area contributed by atoms with Crippen LogP contribution in [0, 0.1) is 5.82 Å². The fourth-order valence-corrected chi connectivity index (χ4v) is 5.98. The Morgan fingerprint density at radius 1 is 1.34 bits per heavy atom. The average Bonchev–Trinajstić information content (AvgIpc) is 3.21. The van der Waals surface area contributed by atoms with E-state index < -0.39 is 34.1 Å². The van der Waals surface area contributed by atoms with Crippen LogP contribution in [-0.2, 0) is 19.7 Å². The van der Waals surface area contributed by atoms with E-state index >= 15 is 0 Å². The number of nitrogens with zero attached hydrogens (tertiary/aromatic N) is 3. The van der Waals surface area contributed by atoms with Crippen LogP contribution in [0.5, 0.6) is 0 Å². The third kappa shape index (κ3) is 5.32. The molecule has 1 fully saturated rings. The number of hydrogen-bond acceptors (Lipinski definition) is 7. The van der Waals surface area contributed by atoms with Crippen molar-refractivity contribution in [3.8, 4) is 0 Å².